The highest BCUT2D eigenvalue weighted by Crippen LogP contribution is 2.20. The highest BCUT2D eigenvalue weighted by molar-refractivity contribution is 6.16. The standard InChI is InChI=1S/C14H16O3/c1-10(2)8-13(14(15)17-4)11-6-5-7-12(9-11)16-3/h5-7,9H,1-4H3. The number of hydrogen-bond acceptors (Lipinski definition) is 3. The van der Waals surface area contributed by atoms with Crippen LogP contribution < -0.4 is 4.74 Å². The third kappa shape index (κ3) is 3.51. The molecule has 0 spiro atoms. The van der Waals surface area contributed by atoms with Crippen LogP contribution in [0.5, 0.6) is 5.75 Å². The van der Waals surface area contributed by atoms with Gasteiger partial charge in [-0.15, -0.1) is 5.73 Å². The molecule has 1 aromatic rings. The minimum absolute atomic E-state index is 0.403. The molecular weight excluding hydrogens is 216 g/mol. The van der Waals surface area contributed by atoms with Crippen LogP contribution in [0.4, 0.5) is 0 Å². The molecule has 0 saturated heterocycles. The molecule has 0 aliphatic heterocycles. The summed E-state index contributed by atoms with van der Waals surface area (Å²) in [6, 6.07) is 7.25. The fraction of sp³-hybridized carbons (Fsp3) is 0.286. The number of carbonyl (C=O) groups is 1. The maximum Gasteiger partial charge on any atom is 0.346 e. The normalized spacial score (nSPS) is 9.18. The molecule has 0 unspecified atom stereocenters. The monoisotopic (exact) mass is 232 g/mol. The average molecular weight is 232 g/mol. The molecule has 0 bridgehead atoms. The smallest absolute Gasteiger partial charge is 0.346 e. The van der Waals surface area contributed by atoms with Gasteiger partial charge in [0.25, 0.3) is 0 Å². The van der Waals surface area contributed by atoms with Crippen LogP contribution in [-0.4, -0.2) is 20.2 Å². The minimum Gasteiger partial charge on any atom is -0.497 e. The van der Waals surface area contributed by atoms with Crippen molar-refractivity contribution in [1.82, 2.24) is 0 Å². The zero-order valence-corrected chi connectivity index (χ0v) is 10.5. The second-order valence-electron chi connectivity index (χ2n) is 3.72. The molecule has 3 nitrogen and oxygen atoms in total. The largest absolute Gasteiger partial charge is 0.497 e. The van der Waals surface area contributed by atoms with E-state index >= 15 is 0 Å². The van der Waals surface area contributed by atoms with E-state index in [1.54, 1.807) is 13.2 Å². The van der Waals surface area contributed by atoms with Crippen LogP contribution in [0.15, 0.2) is 35.6 Å². The van der Waals surface area contributed by atoms with Gasteiger partial charge < -0.3 is 9.47 Å². The van der Waals surface area contributed by atoms with Gasteiger partial charge in [-0.3, -0.25) is 0 Å². The summed E-state index contributed by atoms with van der Waals surface area (Å²) in [6.07, 6.45) is 0. The summed E-state index contributed by atoms with van der Waals surface area (Å²) in [5.41, 5.74) is 5.05. The molecule has 0 N–H and O–H groups in total. The van der Waals surface area contributed by atoms with Crippen molar-refractivity contribution in [3.8, 4) is 5.75 Å². The molecule has 0 aliphatic rings. The maximum atomic E-state index is 11.7. The van der Waals surface area contributed by atoms with Gasteiger partial charge >= 0.3 is 5.97 Å². The lowest BCUT2D eigenvalue weighted by atomic mass is 10.1. The molecule has 0 fully saturated rings. The van der Waals surface area contributed by atoms with Gasteiger partial charge in [0.05, 0.1) is 14.2 Å². The second-order valence-corrected chi connectivity index (χ2v) is 3.72. The molecule has 3 heteroatoms. The Bertz CT molecular complexity index is 476. The molecule has 0 radical (unpaired) electrons. The van der Waals surface area contributed by atoms with Crippen molar-refractivity contribution in [1.29, 1.82) is 0 Å². The van der Waals surface area contributed by atoms with E-state index in [9.17, 15) is 4.79 Å². The first-order valence-electron chi connectivity index (χ1n) is 5.25. The topological polar surface area (TPSA) is 35.5 Å². The zero-order valence-electron chi connectivity index (χ0n) is 10.5. The zero-order chi connectivity index (χ0) is 12.8. The fourth-order valence-corrected chi connectivity index (χ4v) is 1.37. The van der Waals surface area contributed by atoms with Crippen molar-refractivity contribution in [2.24, 2.45) is 0 Å². The average Bonchev–Trinajstić information content (AvgIpc) is 2.35. The van der Waals surface area contributed by atoms with E-state index < -0.39 is 5.97 Å². The van der Waals surface area contributed by atoms with Gasteiger partial charge in [-0.25, -0.2) is 4.79 Å². The van der Waals surface area contributed by atoms with E-state index in [1.165, 1.54) is 7.11 Å². The Morgan fingerprint density at radius 1 is 1.24 bits per heavy atom. The molecule has 0 saturated carbocycles. The van der Waals surface area contributed by atoms with Crippen molar-refractivity contribution >= 4 is 11.5 Å². The Morgan fingerprint density at radius 2 is 1.94 bits per heavy atom. The molecule has 0 atom stereocenters. The van der Waals surface area contributed by atoms with E-state index in [0.29, 0.717) is 11.3 Å². The predicted octanol–water partition coefficient (Wildman–Crippen LogP) is 2.82. The Hall–Kier alpha value is -1.99. The SMILES string of the molecule is COC(=O)C(=C=C(C)C)c1cccc(OC)c1. The number of methoxy groups -OCH3 is 2. The molecule has 1 aromatic carbocycles. The van der Waals surface area contributed by atoms with Crippen molar-refractivity contribution in [3.05, 3.63) is 41.1 Å². The lowest BCUT2D eigenvalue weighted by molar-refractivity contribution is -0.133. The summed E-state index contributed by atoms with van der Waals surface area (Å²) in [5.74, 6) is 0.291. The lowest BCUT2D eigenvalue weighted by Gasteiger charge is -2.05. The first kappa shape index (κ1) is 13.1. The highest BCUT2D eigenvalue weighted by atomic mass is 16.5. The Labute approximate surface area is 101 Å². The molecule has 0 aliphatic carbocycles. The van der Waals surface area contributed by atoms with E-state index in [0.717, 1.165) is 11.1 Å². The Morgan fingerprint density at radius 3 is 2.47 bits per heavy atom. The van der Waals surface area contributed by atoms with Gasteiger partial charge in [0.15, 0.2) is 0 Å². The van der Waals surface area contributed by atoms with E-state index in [1.807, 2.05) is 32.0 Å². The van der Waals surface area contributed by atoms with Gasteiger partial charge in [0.2, 0.25) is 0 Å². The number of ether oxygens (including phenoxy) is 2. The third-order valence-corrected chi connectivity index (χ3v) is 2.12. The van der Waals surface area contributed by atoms with Crippen LogP contribution in [0.25, 0.3) is 5.57 Å². The van der Waals surface area contributed by atoms with Crippen molar-refractivity contribution in [2.45, 2.75) is 13.8 Å². The minimum atomic E-state index is -0.403. The molecular formula is C14H16O3. The summed E-state index contributed by atoms with van der Waals surface area (Å²) in [5, 5.41) is 0. The van der Waals surface area contributed by atoms with Gasteiger partial charge in [-0.1, -0.05) is 12.1 Å². The van der Waals surface area contributed by atoms with Crippen molar-refractivity contribution in [3.63, 3.8) is 0 Å². The van der Waals surface area contributed by atoms with Gasteiger partial charge in [-0.05, 0) is 31.6 Å². The van der Waals surface area contributed by atoms with Crippen LogP contribution >= 0.6 is 0 Å². The number of hydrogen-bond donors (Lipinski definition) is 0. The van der Waals surface area contributed by atoms with Crippen LogP contribution in [0.2, 0.25) is 0 Å². The Balaban J connectivity index is 3.33. The Kier molecular flexibility index (Phi) is 4.56. The maximum absolute atomic E-state index is 11.7. The van der Waals surface area contributed by atoms with Crippen molar-refractivity contribution in [2.75, 3.05) is 14.2 Å². The number of carbonyl (C=O) groups excluding carboxylic acids is 1. The molecule has 0 amide bonds. The van der Waals surface area contributed by atoms with Gasteiger partial charge in [-0.2, -0.15) is 0 Å². The van der Waals surface area contributed by atoms with Crippen LogP contribution in [0.3, 0.4) is 0 Å². The molecule has 90 valence electrons. The quantitative estimate of drug-likeness (QED) is 0.456. The fourth-order valence-electron chi connectivity index (χ4n) is 1.37. The van der Waals surface area contributed by atoms with Gasteiger partial charge in [0.1, 0.15) is 11.3 Å². The highest BCUT2D eigenvalue weighted by Gasteiger charge is 2.12. The second kappa shape index (κ2) is 5.92. The van der Waals surface area contributed by atoms with Gasteiger partial charge in [0, 0.05) is 5.56 Å². The van der Waals surface area contributed by atoms with Crippen LogP contribution in [-0.2, 0) is 9.53 Å². The summed E-state index contributed by atoms with van der Waals surface area (Å²) in [7, 11) is 2.94. The van der Waals surface area contributed by atoms with Crippen LogP contribution in [0, 0.1) is 0 Å². The lowest BCUT2D eigenvalue weighted by Crippen LogP contribution is -2.03. The summed E-state index contributed by atoms with van der Waals surface area (Å²) in [6.45, 7) is 3.76. The first-order valence-corrected chi connectivity index (χ1v) is 5.25. The first-order chi connectivity index (χ1) is 8.08. The summed E-state index contributed by atoms with van der Waals surface area (Å²) >= 11 is 0. The molecule has 0 aromatic heterocycles. The molecule has 1 rings (SSSR count). The molecule has 0 heterocycles. The predicted molar refractivity (Wildman–Crippen MR) is 66.8 cm³/mol. The van der Waals surface area contributed by atoms with E-state index in [-0.39, 0.29) is 0 Å². The summed E-state index contributed by atoms with van der Waals surface area (Å²) in [4.78, 5) is 11.7. The summed E-state index contributed by atoms with van der Waals surface area (Å²) < 4.78 is 9.87. The van der Waals surface area contributed by atoms with Crippen molar-refractivity contribution < 1.29 is 14.3 Å². The third-order valence-electron chi connectivity index (χ3n) is 2.12. The number of rotatable bonds is 3. The van der Waals surface area contributed by atoms with E-state index in [2.05, 4.69) is 5.73 Å². The number of benzene rings is 1. The number of esters is 1. The van der Waals surface area contributed by atoms with E-state index in [4.69, 9.17) is 9.47 Å². The molecule has 17 heavy (non-hydrogen) atoms. The van der Waals surface area contributed by atoms with Crippen LogP contribution in [0.1, 0.15) is 19.4 Å².